The summed E-state index contributed by atoms with van der Waals surface area (Å²) in [6, 6.07) is 0. The van der Waals surface area contributed by atoms with E-state index < -0.39 is 0 Å². The zero-order valence-electron chi connectivity index (χ0n) is 9.12. The normalized spacial score (nSPS) is 60.0. The van der Waals surface area contributed by atoms with E-state index in [9.17, 15) is 0 Å². The van der Waals surface area contributed by atoms with Gasteiger partial charge in [0.1, 0.15) is 0 Å². The Morgan fingerprint density at radius 3 is 1.50 bits per heavy atom. The van der Waals surface area contributed by atoms with Gasteiger partial charge in [0.15, 0.2) is 0 Å². The molecule has 4 fully saturated rings. The Morgan fingerprint density at radius 2 is 1.00 bits per heavy atom. The maximum atomic E-state index is 1.65. The lowest BCUT2D eigenvalue weighted by Crippen LogP contribution is -2.12. The number of hydrogen-bond acceptors (Lipinski definition) is 0. The molecule has 0 saturated heterocycles. The first-order chi connectivity index (χ1) is 6.93. The van der Waals surface area contributed by atoms with Crippen LogP contribution in [-0.4, -0.2) is 0 Å². The fourth-order valence-electron chi connectivity index (χ4n) is 5.88. The Morgan fingerprint density at radius 1 is 0.500 bits per heavy atom. The molecule has 14 heavy (non-hydrogen) atoms. The SMILES string of the molecule is C1CC2CC3C4CCCC4CC3C2C1. The Kier molecular flexibility index (Phi) is 1.62. The standard InChI is InChI=1S/C14H22/c1-3-9-7-14-12-6-2-4-10(12)8-13(14)11(9)5-1/h9-14H,1-8H2. The highest BCUT2D eigenvalue weighted by molar-refractivity contribution is 5.04. The predicted octanol–water partition coefficient (Wildman–Crippen LogP) is 3.86. The minimum absolute atomic E-state index is 1.19. The second-order valence-electron chi connectivity index (χ2n) is 6.51. The van der Waals surface area contributed by atoms with Gasteiger partial charge in [0.2, 0.25) is 0 Å². The molecule has 4 aliphatic carbocycles. The van der Waals surface area contributed by atoms with Crippen molar-refractivity contribution in [2.24, 2.45) is 35.5 Å². The molecule has 4 rings (SSSR count). The zero-order chi connectivity index (χ0) is 9.12. The highest BCUT2D eigenvalue weighted by atomic mass is 14.6. The van der Waals surface area contributed by atoms with Gasteiger partial charge in [-0.15, -0.1) is 0 Å². The molecule has 0 N–H and O–H groups in total. The fraction of sp³-hybridized carbons (Fsp3) is 1.00. The molecular weight excluding hydrogens is 168 g/mol. The number of hydrogen-bond donors (Lipinski definition) is 0. The van der Waals surface area contributed by atoms with E-state index in [1.165, 1.54) is 35.5 Å². The second kappa shape index (κ2) is 2.77. The van der Waals surface area contributed by atoms with Crippen LogP contribution in [0.4, 0.5) is 0 Å². The summed E-state index contributed by atoms with van der Waals surface area (Å²) in [7, 11) is 0. The number of rotatable bonds is 0. The molecule has 0 aliphatic heterocycles. The van der Waals surface area contributed by atoms with Gasteiger partial charge < -0.3 is 0 Å². The van der Waals surface area contributed by atoms with Gasteiger partial charge in [0.05, 0.1) is 0 Å². The van der Waals surface area contributed by atoms with Gasteiger partial charge in [0, 0.05) is 0 Å². The molecule has 0 amide bonds. The van der Waals surface area contributed by atoms with Gasteiger partial charge in [0.25, 0.3) is 0 Å². The second-order valence-corrected chi connectivity index (χ2v) is 6.51. The molecule has 0 nitrogen and oxygen atoms in total. The first-order valence-corrected chi connectivity index (χ1v) is 6.93. The van der Waals surface area contributed by atoms with Crippen molar-refractivity contribution in [3.8, 4) is 0 Å². The smallest absolute Gasteiger partial charge is 0.0349 e. The molecule has 6 atom stereocenters. The van der Waals surface area contributed by atoms with Crippen molar-refractivity contribution in [1.82, 2.24) is 0 Å². The van der Waals surface area contributed by atoms with Crippen LogP contribution in [0.3, 0.4) is 0 Å². The van der Waals surface area contributed by atoms with Crippen LogP contribution >= 0.6 is 0 Å². The largest absolute Gasteiger partial charge is 0.0527 e. The molecule has 0 radical (unpaired) electrons. The quantitative estimate of drug-likeness (QED) is 0.544. The molecule has 4 saturated carbocycles. The van der Waals surface area contributed by atoms with E-state index in [2.05, 4.69) is 0 Å². The maximum Gasteiger partial charge on any atom is -0.0349 e. The van der Waals surface area contributed by atoms with Crippen LogP contribution in [-0.2, 0) is 0 Å². The Labute approximate surface area is 87.5 Å². The number of fused-ring (bicyclic) bond motifs is 5. The predicted molar refractivity (Wildman–Crippen MR) is 57.9 cm³/mol. The van der Waals surface area contributed by atoms with E-state index >= 15 is 0 Å². The van der Waals surface area contributed by atoms with Gasteiger partial charge in [-0.2, -0.15) is 0 Å². The summed E-state index contributed by atoms with van der Waals surface area (Å²) in [5.41, 5.74) is 0. The summed E-state index contributed by atoms with van der Waals surface area (Å²) in [6.45, 7) is 0. The average Bonchev–Trinajstić information content (AvgIpc) is 2.80. The third-order valence-corrected chi connectivity index (χ3v) is 6.24. The molecular formula is C14H22. The third-order valence-electron chi connectivity index (χ3n) is 6.24. The van der Waals surface area contributed by atoms with Gasteiger partial charge in [-0.1, -0.05) is 25.7 Å². The first kappa shape index (κ1) is 8.19. The van der Waals surface area contributed by atoms with E-state index in [1.807, 2.05) is 0 Å². The Balaban J connectivity index is 1.62. The van der Waals surface area contributed by atoms with Gasteiger partial charge in [-0.25, -0.2) is 0 Å². The van der Waals surface area contributed by atoms with Crippen molar-refractivity contribution in [3.63, 3.8) is 0 Å². The monoisotopic (exact) mass is 190 g/mol. The van der Waals surface area contributed by atoms with Crippen LogP contribution in [0.15, 0.2) is 0 Å². The van der Waals surface area contributed by atoms with Crippen molar-refractivity contribution in [3.05, 3.63) is 0 Å². The van der Waals surface area contributed by atoms with Crippen LogP contribution in [0.25, 0.3) is 0 Å². The molecule has 0 spiro atoms. The maximum absolute atomic E-state index is 1.65. The molecule has 0 heteroatoms. The average molecular weight is 190 g/mol. The van der Waals surface area contributed by atoms with Crippen LogP contribution < -0.4 is 0 Å². The van der Waals surface area contributed by atoms with E-state index in [0.29, 0.717) is 0 Å². The molecule has 78 valence electrons. The Hall–Kier alpha value is 0. The van der Waals surface area contributed by atoms with E-state index in [1.54, 1.807) is 51.4 Å². The molecule has 6 unspecified atom stereocenters. The first-order valence-electron chi connectivity index (χ1n) is 6.93. The lowest BCUT2D eigenvalue weighted by atomic mass is 9.87. The Bertz CT molecular complexity index is 218. The lowest BCUT2D eigenvalue weighted by molar-refractivity contribution is 0.304. The zero-order valence-corrected chi connectivity index (χ0v) is 9.12. The van der Waals surface area contributed by atoms with Crippen molar-refractivity contribution in [2.75, 3.05) is 0 Å². The molecule has 0 heterocycles. The molecule has 0 aromatic carbocycles. The van der Waals surface area contributed by atoms with Crippen molar-refractivity contribution in [2.45, 2.75) is 51.4 Å². The summed E-state index contributed by atoms with van der Waals surface area (Å²) in [6.07, 6.45) is 12.8. The van der Waals surface area contributed by atoms with Crippen molar-refractivity contribution >= 4 is 0 Å². The van der Waals surface area contributed by atoms with Crippen molar-refractivity contribution < 1.29 is 0 Å². The summed E-state index contributed by atoms with van der Waals surface area (Å²) < 4.78 is 0. The van der Waals surface area contributed by atoms with Crippen LogP contribution in [0, 0.1) is 35.5 Å². The molecule has 0 aromatic rings. The van der Waals surface area contributed by atoms with Gasteiger partial charge in [-0.3, -0.25) is 0 Å². The van der Waals surface area contributed by atoms with E-state index in [-0.39, 0.29) is 0 Å². The third kappa shape index (κ3) is 0.907. The van der Waals surface area contributed by atoms with E-state index in [0.717, 1.165) is 0 Å². The van der Waals surface area contributed by atoms with Crippen LogP contribution in [0.2, 0.25) is 0 Å². The molecule has 0 bridgehead atoms. The molecule has 4 aliphatic rings. The highest BCUT2D eigenvalue weighted by Crippen LogP contribution is 2.63. The summed E-state index contributed by atoms with van der Waals surface area (Å²) in [5, 5.41) is 0. The van der Waals surface area contributed by atoms with E-state index in [4.69, 9.17) is 0 Å². The fourth-order valence-corrected chi connectivity index (χ4v) is 5.88. The van der Waals surface area contributed by atoms with Crippen molar-refractivity contribution in [1.29, 1.82) is 0 Å². The molecule has 0 aromatic heterocycles. The summed E-state index contributed by atoms with van der Waals surface area (Å²) in [4.78, 5) is 0. The highest BCUT2D eigenvalue weighted by Gasteiger charge is 2.54. The minimum atomic E-state index is 1.19. The summed E-state index contributed by atoms with van der Waals surface area (Å²) in [5.74, 6) is 7.19. The van der Waals surface area contributed by atoms with Gasteiger partial charge >= 0.3 is 0 Å². The lowest BCUT2D eigenvalue weighted by Gasteiger charge is -2.18. The topological polar surface area (TPSA) is 0 Å². The van der Waals surface area contributed by atoms with Crippen LogP contribution in [0.5, 0.6) is 0 Å². The minimum Gasteiger partial charge on any atom is -0.0527 e. The van der Waals surface area contributed by atoms with Crippen LogP contribution in [0.1, 0.15) is 51.4 Å². The van der Waals surface area contributed by atoms with Gasteiger partial charge in [-0.05, 0) is 61.2 Å². The summed E-state index contributed by atoms with van der Waals surface area (Å²) >= 11 is 0.